The van der Waals surface area contributed by atoms with E-state index in [2.05, 4.69) is 57.0 Å². The molecule has 0 aromatic heterocycles. The zero-order chi connectivity index (χ0) is 15.7. The molecule has 1 fully saturated rings. The molecule has 1 unspecified atom stereocenters. The van der Waals surface area contributed by atoms with Crippen LogP contribution in [-0.4, -0.2) is 56.2 Å². The van der Waals surface area contributed by atoms with E-state index in [-0.39, 0.29) is 5.91 Å². The number of rotatable bonds is 3. The smallest absolute Gasteiger partial charge is 0.219 e. The van der Waals surface area contributed by atoms with Crippen molar-refractivity contribution < 1.29 is 9.28 Å². The van der Waals surface area contributed by atoms with Gasteiger partial charge in [0.05, 0.1) is 32.8 Å². The van der Waals surface area contributed by atoms with Crippen LogP contribution in [0.5, 0.6) is 0 Å². The molecule has 1 aliphatic heterocycles. The van der Waals surface area contributed by atoms with Crippen molar-refractivity contribution in [3.63, 3.8) is 0 Å². The molecule has 0 N–H and O–H groups in total. The highest BCUT2D eigenvalue weighted by molar-refractivity contribution is 6.76. The second-order valence-electron chi connectivity index (χ2n) is 7.81. The Labute approximate surface area is 130 Å². The molecule has 1 aromatic carbocycles. The van der Waals surface area contributed by atoms with Crippen LogP contribution in [0.4, 0.5) is 0 Å². The summed E-state index contributed by atoms with van der Waals surface area (Å²) in [6.07, 6.45) is 1.26. The Morgan fingerprint density at radius 3 is 2.43 bits per heavy atom. The second-order valence-corrected chi connectivity index (χ2v) is 13.3. The first-order valence-corrected chi connectivity index (χ1v) is 11.6. The van der Waals surface area contributed by atoms with E-state index in [0.717, 1.165) is 24.1 Å². The lowest BCUT2D eigenvalue weighted by molar-refractivity contribution is -0.934. The van der Waals surface area contributed by atoms with E-state index in [4.69, 9.17) is 0 Å². The Balaban J connectivity index is 2.32. The van der Waals surface area contributed by atoms with Crippen LogP contribution in [-0.2, 0) is 4.79 Å². The zero-order valence-electron chi connectivity index (χ0n) is 14.1. The van der Waals surface area contributed by atoms with E-state index < -0.39 is 8.07 Å². The molecule has 4 heteroatoms. The molecule has 2 rings (SSSR count). The lowest BCUT2D eigenvalue weighted by Crippen LogP contribution is -2.63. The van der Waals surface area contributed by atoms with Gasteiger partial charge in [0.2, 0.25) is 5.91 Å². The lowest BCUT2D eigenvalue weighted by atomic mass is 10.0. The van der Waals surface area contributed by atoms with E-state index in [0.29, 0.717) is 6.04 Å². The highest BCUT2D eigenvalue weighted by Gasteiger charge is 2.42. The molecule has 0 aliphatic carbocycles. The molecule has 21 heavy (non-hydrogen) atoms. The predicted octanol–water partition coefficient (Wildman–Crippen LogP) is 2.91. The fourth-order valence-corrected chi connectivity index (χ4v) is 6.25. The number of hydrogen-bond donors (Lipinski definition) is 0. The minimum absolute atomic E-state index is 0.204. The van der Waals surface area contributed by atoms with E-state index in [1.807, 2.05) is 4.90 Å². The van der Waals surface area contributed by atoms with Gasteiger partial charge in [-0.2, -0.15) is 0 Å². The number of likely N-dealkylation sites (N-methyl/N-ethyl adjacent to an activating group) is 1. The van der Waals surface area contributed by atoms with Gasteiger partial charge in [-0.3, -0.25) is 4.79 Å². The van der Waals surface area contributed by atoms with Crippen LogP contribution < -0.4 is 0 Å². The topological polar surface area (TPSA) is 20.3 Å². The second kappa shape index (κ2) is 5.93. The van der Waals surface area contributed by atoms with Crippen molar-refractivity contribution in [3.05, 3.63) is 35.9 Å². The maximum absolute atomic E-state index is 11.8. The first-order chi connectivity index (χ1) is 9.71. The van der Waals surface area contributed by atoms with Crippen LogP contribution in [0.2, 0.25) is 19.6 Å². The van der Waals surface area contributed by atoms with E-state index in [9.17, 15) is 4.79 Å². The summed E-state index contributed by atoms with van der Waals surface area (Å²) in [5.74, 6) is 0.204. The molecular weight excluding hydrogens is 276 g/mol. The maximum atomic E-state index is 11.8. The van der Waals surface area contributed by atoms with Gasteiger partial charge in [0.15, 0.2) is 0 Å². The van der Waals surface area contributed by atoms with Crippen molar-refractivity contribution in [1.82, 2.24) is 4.90 Å². The largest absolute Gasteiger partial charge is 0.331 e. The van der Waals surface area contributed by atoms with Gasteiger partial charge in [0.25, 0.3) is 0 Å². The molecule has 0 bridgehead atoms. The van der Waals surface area contributed by atoms with Gasteiger partial charge in [-0.1, -0.05) is 50.0 Å². The summed E-state index contributed by atoms with van der Waals surface area (Å²) in [5, 5.41) is 0. The highest BCUT2D eigenvalue weighted by Crippen LogP contribution is 2.32. The third-order valence-electron chi connectivity index (χ3n) is 4.49. The SMILES string of the molecule is CC(=O)N1CC[N@+](C)(C[Si](C)(C)C)C(c2ccccc2)C1. The first-order valence-electron chi connectivity index (χ1n) is 7.86. The molecule has 1 amide bonds. The van der Waals surface area contributed by atoms with Crippen LogP contribution in [0.3, 0.4) is 0 Å². The highest BCUT2D eigenvalue weighted by atomic mass is 28.3. The normalized spacial score (nSPS) is 26.7. The fraction of sp³-hybridized carbons (Fsp3) is 0.588. The monoisotopic (exact) mass is 305 g/mol. The molecule has 3 nitrogen and oxygen atoms in total. The van der Waals surface area contributed by atoms with Crippen molar-refractivity contribution in [2.24, 2.45) is 0 Å². The summed E-state index contributed by atoms with van der Waals surface area (Å²) in [5.41, 5.74) is 1.37. The molecule has 2 atom stereocenters. The van der Waals surface area contributed by atoms with Gasteiger partial charge in [-0.05, 0) is 0 Å². The van der Waals surface area contributed by atoms with Crippen LogP contribution in [0.15, 0.2) is 30.3 Å². The van der Waals surface area contributed by atoms with Gasteiger partial charge < -0.3 is 9.38 Å². The van der Waals surface area contributed by atoms with E-state index in [1.54, 1.807) is 6.92 Å². The Morgan fingerprint density at radius 2 is 1.90 bits per heavy atom. The molecule has 0 saturated carbocycles. The number of carbonyl (C=O) groups is 1. The summed E-state index contributed by atoms with van der Waals surface area (Å²) >= 11 is 0. The van der Waals surface area contributed by atoms with Crippen molar-refractivity contribution in [2.45, 2.75) is 32.6 Å². The fourth-order valence-electron chi connectivity index (χ4n) is 3.70. The van der Waals surface area contributed by atoms with Gasteiger partial charge in [0.1, 0.15) is 14.1 Å². The summed E-state index contributed by atoms with van der Waals surface area (Å²) in [4.78, 5) is 13.8. The summed E-state index contributed by atoms with van der Waals surface area (Å²) in [6, 6.07) is 11.1. The molecule has 1 aliphatic rings. The van der Waals surface area contributed by atoms with Crippen molar-refractivity contribution in [1.29, 1.82) is 0 Å². The van der Waals surface area contributed by atoms with Gasteiger partial charge in [0, 0.05) is 12.5 Å². The van der Waals surface area contributed by atoms with E-state index in [1.165, 1.54) is 11.7 Å². The summed E-state index contributed by atoms with van der Waals surface area (Å²) in [7, 11) is 1.21. The molecule has 1 heterocycles. The van der Waals surface area contributed by atoms with Crippen LogP contribution >= 0.6 is 0 Å². The molecular formula is C17H29N2OSi+. The van der Waals surface area contributed by atoms with Crippen molar-refractivity contribution >= 4 is 14.0 Å². The van der Waals surface area contributed by atoms with Gasteiger partial charge in [-0.25, -0.2) is 0 Å². The number of benzene rings is 1. The minimum atomic E-state index is -1.17. The number of piperazine rings is 1. The third-order valence-corrected chi connectivity index (χ3v) is 6.16. The number of amides is 1. The number of carbonyl (C=O) groups excluding carboxylic acids is 1. The summed E-state index contributed by atoms with van der Waals surface area (Å²) in [6.45, 7) is 11.8. The van der Waals surface area contributed by atoms with Crippen molar-refractivity contribution in [2.75, 3.05) is 32.8 Å². The summed E-state index contributed by atoms with van der Waals surface area (Å²) < 4.78 is 1.07. The average Bonchev–Trinajstić information content (AvgIpc) is 2.37. The van der Waals surface area contributed by atoms with Crippen molar-refractivity contribution in [3.8, 4) is 0 Å². The molecule has 1 saturated heterocycles. The Morgan fingerprint density at radius 1 is 1.29 bits per heavy atom. The number of quaternary nitrogens is 1. The van der Waals surface area contributed by atoms with Gasteiger partial charge in [-0.15, -0.1) is 0 Å². The molecule has 0 radical (unpaired) electrons. The number of nitrogens with zero attached hydrogens (tertiary/aromatic N) is 2. The molecule has 0 spiro atoms. The predicted molar refractivity (Wildman–Crippen MR) is 90.7 cm³/mol. The van der Waals surface area contributed by atoms with Crippen LogP contribution in [0.25, 0.3) is 0 Å². The lowest BCUT2D eigenvalue weighted by Gasteiger charge is -2.50. The van der Waals surface area contributed by atoms with Gasteiger partial charge >= 0.3 is 0 Å². The Hall–Kier alpha value is -1.13. The molecule has 116 valence electrons. The molecule has 1 aromatic rings. The van der Waals surface area contributed by atoms with Crippen LogP contribution in [0.1, 0.15) is 18.5 Å². The minimum Gasteiger partial charge on any atom is -0.331 e. The third kappa shape index (κ3) is 3.95. The van der Waals surface area contributed by atoms with E-state index >= 15 is 0 Å². The number of hydrogen-bond acceptors (Lipinski definition) is 1. The quantitative estimate of drug-likeness (QED) is 0.621. The maximum Gasteiger partial charge on any atom is 0.219 e. The zero-order valence-corrected chi connectivity index (χ0v) is 15.1. The Kier molecular flexibility index (Phi) is 4.59. The first kappa shape index (κ1) is 16.2. The van der Waals surface area contributed by atoms with Crippen LogP contribution in [0, 0.1) is 0 Å². The standard InChI is InChI=1S/C17H29N2OSi/c1-15(20)18-11-12-19(2,14-21(3,4)5)17(13-18)16-9-7-6-8-10-16/h6-10,17H,11-14H2,1-5H3/q+1/t17?,19-/m1/s1. The Bertz CT molecular complexity index is 497. The average molecular weight is 306 g/mol.